The molecule has 4 heteroatoms. The maximum atomic E-state index is 10.8. The largest absolute Gasteiger partial charge is 0.478 e. The van der Waals surface area contributed by atoms with Gasteiger partial charge in [-0.05, 0) is 25.1 Å². The molecule has 0 amide bonds. The van der Waals surface area contributed by atoms with Crippen LogP contribution < -0.4 is 0 Å². The highest BCUT2D eigenvalue weighted by molar-refractivity contribution is 5.87. The minimum absolute atomic E-state index is 0.761. The van der Waals surface area contributed by atoms with E-state index in [0.29, 0.717) is 0 Å². The summed E-state index contributed by atoms with van der Waals surface area (Å²) in [5, 5.41) is 8.87. The van der Waals surface area contributed by atoms with Crippen LogP contribution in [-0.4, -0.2) is 20.5 Å². The van der Waals surface area contributed by atoms with Gasteiger partial charge in [0.15, 0.2) is 0 Å². The predicted molar refractivity (Wildman–Crippen MR) is 82.0 cm³/mol. The summed E-state index contributed by atoms with van der Waals surface area (Å²) in [7, 11) is 0. The third kappa shape index (κ3) is 2.56. The zero-order valence-corrected chi connectivity index (χ0v) is 11.5. The van der Waals surface area contributed by atoms with E-state index in [1.165, 1.54) is 5.56 Å². The Kier molecular flexibility index (Phi) is 3.28. The first-order valence-electron chi connectivity index (χ1n) is 6.60. The highest BCUT2D eigenvalue weighted by Gasteiger charge is 2.11. The molecular formula is C17H14N2O2. The van der Waals surface area contributed by atoms with Gasteiger partial charge in [0.2, 0.25) is 0 Å². The number of carboxylic acids is 1. The minimum atomic E-state index is -0.976. The summed E-state index contributed by atoms with van der Waals surface area (Å²) >= 11 is 0. The van der Waals surface area contributed by atoms with Crippen LogP contribution in [0.1, 0.15) is 11.3 Å². The fourth-order valence-electron chi connectivity index (χ4n) is 2.25. The molecular weight excluding hydrogens is 264 g/mol. The highest BCUT2D eigenvalue weighted by Crippen LogP contribution is 2.25. The van der Waals surface area contributed by atoms with E-state index < -0.39 is 5.97 Å². The van der Waals surface area contributed by atoms with Gasteiger partial charge in [0.25, 0.3) is 0 Å². The first-order chi connectivity index (χ1) is 10.1. The van der Waals surface area contributed by atoms with Gasteiger partial charge < -0.3 is 5.11 Å². The molecule has 0 saturated carbocycles. The van der Waals surface area contributed by atoms with Gasteiger partial charge in [-0.15, -0.1) is 0 Å². The van der Waals surface area contributed by atoms with Crippen molar-refractivity contribution in [1.82, 2.24) is 9.38 Å². The number of carbonyl (C=O) groups is 1. The molecule has 3 aromatic rings. The van der Waals surface area contributed by atoms with Gasteiger partial charge in [0.1, 0.15) is 5.65 Å². The molecule has 0 bridgehead atoms. The molecule has 0 unspecified atom stereocenters. The number of benzene rings is 1. The Labute approximate surface area is 122 Å². The lowest BCUT2D eigenvalue weighted by Crippen LogP contribution is -1.90. The fourth-order valence-corrected chi connectivity index (χ4v) is 2.25. The molecule has 0 aliphatic carbocycles. The smallest absolute Gasteiger partial charge is 0.328 e. The van der Waals surface area contributed by atoms with E-state index in [1.54, 1.807) is 6.08 Å². The number of imidazole rings is 1. The van der Waals surface area contributed by atoms with Crippen LogP contribution in [0, 0.1) is 6.92 Å². The number of fused-ring (bicyclic) bond motifs is 1. The van der Waals surface area contributed by atoms with Crippen molar-refractivity contribution in [3.63, 3.8) is 0 Å². The number of aromatic nitrogens is 2. The highest BCUT2D eigenvalue weighted by atomic mass is 16.4. The summed E-state index contributed by atoms with van der Waals surface area (Å²) in [6.45, 7) is 2.03. The van der Waals surface area contributed by atoms with E-state index in [4.69, 9.17) is 5.11 Å². The molecule has 2 heterocycles. The summed E-state index contributed by atoms with van der Waals surface area (Å²) in [4.78, 5) is 15.4. The van der Waals surface area contributed by atoms with Gasteiger partial charge in [0, 0.05) is 17.8 Å². The topological polar surface area (TPSA) is 54.6 Å². The Hall–Kier alpha value is -2.88. The average molecular weight is 278 g/mol. The minimum Gasteiger partial charge on any atom is -0.478 e. The van der Waals surface area contributed by atoms with Gasteiger partial charge in [-0.2, -0.15) is 0 Å². The monoisotopic (exact) mass is 278 g/mol. The third-order valence-electron chi connectivity index (χ3n) is 3.28. The van der Waals surface area contributed by atoms with Crippen LogP contribution >= 0.6 is 0 Å². The zero-order chi connectivity index (χ0) is 14.8. The summed E-state index contributed by atoms with van der Waals surface area (Å²) in [5.41, 5.74) is 4.47. The Morgan fingerprint density at radius 3 is 2.67 bits per heavy atom. The molecule has 4 nitrogen and oxygen atoms in total. The number of hydrogen-bond donors (Lipinski definition) is 1. The fraction of sp³-hybridized carbons (Fsp3) is 0.0588. The van der Waals surface area contributed by atoms with E-state index >= 15 is 0 Å². The third-order valence-corrected chi connectivity index (χ3v) is 3.28. The summed E-state index contributed by atoms with van der Waals surface area (Å²) in [6, 6.07) is 13.7. The normalized spacial score (nSPS) is 11.3. The van der Waals surface area contributed by atoms with Crippen LogP contribution in [-0.2, 0) is 4.79 Å². The number of pyridine rings is 1. The van der Waals surface area contributed by atoms with E-state index in [2.05, 4.69) is 4.98 Å². The van der Waals surface area contributed by atoms with Crippen LogP contribution in [0.2, 0.25) is 0 Å². The van der Waals surface area contributed by atoms with Gasteiger partial charge >= 0.3 is 5.97 Å². The lowest BCUT2D eigenvalue weighted by Gasteiger charge is -2.01. The van der Waals surface area contributed by atoms with Crippen molar-refractivity contribution in [2.45, 2.75) is 6.92 Å². The standard InChI is InChI=1S/C17H14N2O2/c1-12-5-7-13(8-6-12)17-14(9-10-16(20)21)19-11-3-2-4-15(19)18-17/h2-11H,1H3,(H,20,21). The molecule has 0 spiro atoms. The van der Waals surface area contributed by atoms with Crippen molar-refractivity contribution in [3.8, 4) is 11.3 Å². The SMILES string of the molecule is Cc1ccc(-c2nc3ccccn3c2C=CC(=O)O)cc1. The van der Waals surface area contributed by atoms with E-state index in [-0.39, 0.29) is 0 Å². The molecule has 21 heavy (non-hydrogen) atoms. The van der Waals surface area contributed by atoms with E-state index in [1.807, 2.05) is 60.0 Å². The molecule has 2 aromatic heterocycles. The van der Waals surface area contributed by atoms with Gasteiger partial charge in [-0.1, -0.05) is 35.9 Å². The average Bonchev–Trinajstić information content (AvgIpc) is 2.84. The Morgan fingerprint density at radius 1 is 1.19 bits per heavy atom. The van der Waals surface area contributed by atoms with Crippen molar-refractivity contribution in [3.05, 3.63) is 66.0 Å². The maximum absolute atomic E-state index is 10.8. The summed E-state index contributed by atoms with van der Waals surface area (Å²) < 4.78 is 1.88. The lowest BCUT2D eigenvalue weighted by atomic mass is 10.1. The molecule has 0 atom stereocenters. The Balaban J connectivity index is 2.23. The number of aryl methyl sites for hydroxylation is 1. The summed E-state index contributed by atoms with van der Waals surface area (Å²) in [6.07, 6.45) is 4.59. The second-order valence-corrected chi connectivity index (χ2v) is 4.81. The Bertz CT molecular complexity index is 830. The van der Waals surface area contributed by atoms with Crippen LogP contribution in [0.25, 0.3) is 23.0 Å². The molecule has 3 rings (SSSR count). The number of rotatable bonds is 3. The molecule has 0 fully saturated rings. The van der Waals surface area contributed by atoms with E-state index in [9.17, 15) is 4.79 Å². The Morgan fingerprint density at radius 2 is 1.95 bits per heavy atom. The van der Waals surface area contributed by atoms with E-state index in [0.717, 1.165) is 28.7 Å². The molecule has 1 N–H and O–H groups in total. The first kappa shape index (κ1) is 13.1. The van der Waals surface area contributed by atoms with Gasteiger partial charge in [-0.3, -0.25) is 4.40 Å². The first-order valence-corrected chi connectivity index (χ1v) is 6.60. The van der Waals surface area contributed by atoms with Gasteiger partial charge in [0.05, 0.1) is 11.4 Å². The van der Waals surface area contributed by atoms with Crippen LogP contribution in [0.5, 0.6) is 0 Å². The van der Waals surface area contributed by atoms with Crippen molar-refractivity contribution in [2.75, 3.05) is 0 Å². The van der Waals surface area contributed by atoms with Crippen LogP contribution in [0.3, 0.4) is 0 Å². The number of aliphatic carboxylic acids is 1. The zero-order valence-electron chi connectivity index (χ0n) is 11.5. The second kappa shape index (κ2) is 5.25. The van der Waals surface area contributed by atoms with Crippen molar-refractivity contribution in [1.29, 1.82) is 0 Å². The van der Waals surface area contributed by atoms with Crippen molar-refractivity contribution in [2.24, 2.45) is 0 Å². The molecule has 0 saturated heterocycles. The number of carboxylic acid groups (broad SMARTS) is 1. The maximum Gasteiger partial charge on any atom is 0.328 e. The molecule has 0 radical (unpaired) electrons. The molecule has 104 valence electrons. The quantitative estimate of drug-likeness (QED) is 0.747. The number of nitrogens with zero attached hydrogens (tertiary/aromatic N) is 2. The molecule has 1 aromatic carbocycles. The van der Waals surface area contributed by atoms with Crippen molar-refractivity contribution < 1.29 is 9.90 Å². The van der Waals surface area contributed by atoms with Crippen LogP contribution in [0.4, 0.5) is 0 Å². The second-order valence-electron chi connectivity index (χ2n) is 4.81. The van der Waals surface area contributed by atoms with Crippen molar-refractivity contribution >= 4 is 17.7 Å². The predicted octanol–water partition coefficient (Wildman–Crippen LogP) is 3.41. The van der Waals surface area contributed by atoms with Gasteiger partial charge in [-0.25, -0.2) is 9.78 Å². The molecule has 0 aliphatic rings. The lowest BCUT2D eigenvalue weighted by molar-refractivity contribution is -0.131. The number of hydrogen-bond acceptors (Lipinski definition) is 2. The van der Waals surface area contributed by atoms with Crippen LogP contribution in [0.15, 0.2) is 54.7 Å². The molecule has 0 aliphatic heterocycles. The summed E-state index contributed by atoms with van der Waals surface area (Å²) in [5.74, 6) is -0.976.